The van der Waals surface area contributed by atoms with Crippen molar-refractivity contribution in [1.82, 2.24) is 16.0 Å². The molecule has 0 aliphatic carbocycles. The molecule has 27 heavy (non-hydrogen) atoms. The van der Waals surface area contributed by atoms with Crippen molar-refractivity contribution < 1.29 is 24.0 Å². The molecule has 0 aliphatic rings. The van der Waals surface area contributed by atoms with Crippen LogP contribution in [0.3, 0.4) is 0 Å². The lowest BCUT2D eigenvalue weighted by Crippen LogP contribution is -2.44. The average molecular weight is 383 g/mol. The van der Waals surface area contributed by atoms with Gasteiger partial charge in [-0.2, -0.15) is 0 Å². The van der Waals surface area contributed by atoms with Gasteiger partial charge in [0.15, 0.2) is 5.78 Å². The van der Waals surface area contributed by atoms with Crippen LogP contribution in [-0.4, -0.2) is 48.9 Å². The fraction of sp³-hybridized carbons (Fsp3) is 0.737. The number of hydrogen-bond donors (Lipinski definition) is 3. The fourth-order valence-electron chi connectivity index (χ4n) is 1.80. The molecular formula is C19H33N3O5. The van der Waals surface area contributed by atoms with Gasteiger partial charge >= 0.3 is 0 Å². The molecule has 0 heterocycles. The van der Waals surface area contributed by atoms with Gasteiger partial charge in [-0.25, -0.2) is 0 Å². The molecule has 0 aromatic rings. The average Bonchev–Trinajstić information content (AvgIpc) is 2.53. The van der Waals surface area contributed by atoms with E-state index in [0.717, 1.165) is 0 Å². The Morgan fingerprint density at radius 1 is 0.556 bits per heavy atom. The van der Waals surface area contributed by atoms with Crippen molar-refractivity contribution in [2.45, 2.75) is 60.8 Å². The zero-order valence-electron chi connectivity index (χ0n) is 17.3. The molecule has 0 saturated carbocycles. The maximum absolute atomic E-state index is 11.8. The molecule has 0 unspecified atom stereocenters. The first-order valence-electron chi connectivity index (χ1n) is 9.10. The maximum atomic E-state index is 11.8. The van der Waals surface area contributed by atoms with Gasteiger partial charge in [-0.15, -0.1) is 0 Å². The van der Waals surface area contributed by atoms with Crippen LogP contribution in [0, 0.1) is 10.8 Å². The molecular weight excluding hydrogens is 350 g/mol. The minimum Gasteiger partial charge on any atom is -0.347 e. The summed E-state index contributed by atoms with van der Waals surface area (Å²) in [5.41, 5.74) is -0.966. The van der Waals surface area contributed by atoms with Crippen molar-refractivity contribution in [3.8, 4) is 0 Å². The largest absolute Gasteiger partial charge is 0.347 e. The van der Waals surface area contributed by atoms with Gasteiger partial charge in [-0.1, -0.05) is 41.5 Å². The molecule has 0 aromatic carbocycles. The Kier molecular flexibility index (Phi) is 9.89. The molecule has 0 atom stereocenters. The van der Waals surface area contributed by atoms with Crippen LogP contribution < -0.4 is 16.0 Å². The Morgan fingerprint density at radius 2 is 0.963 bits per heavy atom. The number of hydrogen-bond acceptors (Lipinski definition) is 5. The molecule has 3 N–H and O–H groups in total. The first kappa shape index (κ1) is 24.8. The van der Waals surface area contributed by atoms with Gasteiger partial charge in [0.2, 0.25) is 17.7 Å². The zero-order valence-corrected chi connectivity index (χ0v) is 17.3. The monoisotopic (exact) mass is 383 g/mol. The van der Waals surface area contributed by atoms with E-state index in [4.69, 9.17) is 0 Å². The van der Waals surface area contributed by atoms with Gasteiger partial charge < -0.3 is 16.0 Å². The summed E-state index contributed by atoms with van der Waals surface area (Å²) in [6, 6.07) is 0. The Hall–Kier alpha value is -2.25. The van der Waals surface area contributed by atoms with Crippen LogP contribution in [0.2, 0.25) is 0 Å². The Balaban J connectivity index is 3.93. The molecule has 0 rings (SSSR count). The second kappa shape index (κ2) is 10.8. The van der Waals surface area contributed by atoms with Crippen molar-refractivity contribution in [1.29, 1.82) is 0 Å². The third kappa shape index (κ3) is 11.9. The highest BCUT2D eigenvalue weighted by Gasteiger charge is 2.22. The standard InChI is InChI=1S/C19H33N3O5/c1-18(2,3)13(23)8-7-9-15(25)21-11-17(27)22-12-16(26)20-10-14(24)19(4,5)6/h7-12H2,1-6H3,(H,20,26)(H,21,25)(H,22,27). The van der Waals surface area contributed by atoms with Gasteiger partial charge in [0.05, 0.1) is 19.6 Å². The van der Waals surface area contributed by atoms with Crippen molar-refractivity contribution in [3.63, 3.8) is 0 Å². The van der Waals surface area contributed by atoms with Crippen LogP contribution in [-0.2, 0) is 24.0 Å². The predicted molar refractivity (Wildman–Crippen MR) is 102 cm³/mol. The lowest BCUT2D eigenvalue weighted by atomic mass is 9.88. The van der Waals surface area contributed by atoms with Crippen LogP contribution >= 0.6 is 0 Å². The van der Waals surface area contributed by atoms with E-state index in [1.165, 1.54) is 0 Å². The highest BCUT2D eigenvalue weighted by Crippen LogP contribution is 2.18. The number of carbonyl (C=O) groups excluding carboxylic acids is 5. The Labute approximate surface area is 161 Å². The highest BCUT2D eigenvalue weighted by atomic mass is 16.2. The molecule has 154 valence electrons. The third-order valence-corrected chi connectivity index (χ3v) is 3.82. The zero-order chi connectivity index (χ0) is 21.3. The molecule has 0 spiro atoms. The summed E-state index contributed by atoms with van der Waals surface area (Å²) >= 11 is 0. The number of amides is 3. The van der Waals surface area contributed by atoms with Crippen LogP contribution in [0.15, 0.2) is 0 Å². The van der Waals surface area contributed by atoms with Crippen LogP contribution in [0.4, 0.5) is 0 Å². The van der Waals surface area contributed by atoms with E-state index in [0.29, 0.717) is 12.8 Å². The van der Waals surface area contributed by atoms with E-state index < -0.39 is 22.6 Å². The molecule has 0 fully saturated rings. The number of rotatable bonds is 10. The fourth-order valence-corrected chi connectivity index (χ4v) is 1.80. The van der Waals surface area contributed by atoms with E-state index in [1.807, 2.05) is 20.8 Å². The third-order valence-electron chi connectivity index (χ3n) is 3.82. The number of Topliss-reactive ketones (excluding diaryl/α,β-unsaturated/α-hetero) is 2. The molecule has 0 bridgehead atoms. The Bertz CT molecular complexity index is 571. The van der Waals surface area contributed by atoms with E-state index in [2.05, 4.69) is 16.0 Å². The summed E-state index contributed by atoms with van der Waals surface area (Å²) in [6.45, 7) is 10.1. The second-order valence-electron chi connectivity index (χ2n) is 8.53. The molecule has 8 heteroatoms. The normalized spacial score (nSPS) is 11.5. The summed E-state index contributed by atoms with van der Waals surface area (Å²) in [4.78, 5) is 58.4. The predicted octanol–water partition coefficient (Wildman–Crippen LogP) is 0.736. The summed E-state index contributed by atoms with van der Waals surface area (Å²) in [5.74, 6) is -1.34. The lowest BCUT2D eigenvalue weighted by molar-refractivity contribution is -0.130. The smallest absolute Gasteiger partial charge is 0.239 e. The summed E-state index contributed by atoms with van der Waals surface area (Å²) in [7, 11) is 0. The van der Waals surface area contributed by atoms with Crippen LogP contribution in [0.25, 0.3) is 0 Å². The van der Waals surface area contributed by atoms with Gasteiger partial charge in [0, 0.05) is 23.7 Å². The molecule has 0 saturated heterocycles. The lowest BCUT2D eigenvalue weighted by Gasteiger charge is -2.16. The SMILES string of the molecule is CC(C)(C)C(=O)CCCC(=O)NCC(=O)NCC(=O)NCC(=O)C(C)(C)C. The quantitative estimate of drug-likeness (QED) is 0.514. The van der Waals surface area contributed by atoms with E-state index in [1.54, 1.807) is 20.8 Å². The van der Waals surface area contributed by atoms with Crippen molar-refractivity contribution >= 4 is 29.3 Å². The molecule has 0 aromatic heterocycles. The van der Waals surface area contributed by atoms with Gasteiger partial charge in [0.1, 0.15) is 5.78 Å². The van der Waals surface area contributed by atoms with E-state index in [9.17, 15) is 24.0 Å². The van der Waals surface area contributed by atoms with Gasteiger partial charge in [-0.3, -0.25) is 24.0 Å². The van der Waals surface area contributed by atoms with Crippen LogP contribution in [0.5, 0.6) is 0 Å². The first-order chi connectivity index (χ1) is 12.2. The Morgan fingerprint density at radius 3 is 1.41 bits per heavy atom. The summed E-state index contributed by atoms with van der Waals surface area (Å²) < 4.78 is 0. The van der Waals surface area contributed by atoms with Gasteiger partial charge in [-0.05, 0) is 6.42 Å². The summed E-state index contributed by atoms with van der Waals surface area (Å²) in [5, 5.41) is 7.24. The van der Waals surface area contributed by atoms with Gasteiger partial charge in [0.25, 0.3) is 0 Å². The first-order valence-corrected chi connectivity index (χ1v) is 9.10. The van der Waals surface area contributed by atoms with Crippen molar-refractivity contribution in [2.24, 2.45) is 10.8 Å². The molecule has 8 nitrogen and oxygen atoms in total. The topological polar surface area (TPSA) is 121 Å². The molecule has 3 amide bonds. The maximum Gasteiger partial charge on any atom is 0.239 e. The number of ketones is 2. The second-order valence-corrected chi connectivity index (χ2v) is 8.53. The minimum absolute atomic E-state index is 0.0870. The molecule has 0 aliphatic heterocycles. The van der Waals surface area contributed by atoms with Crippen molar-refractivity contribution in [2.75, 3.05) is 19.6 Å². The van der Waals surface area contributed by atoms with Crippen molar-refractivity contribution in [3.05, 3.63) is 0 Å². The van der Waals surface area contributed by atoms with Crippen LogP contribution in [0.1, 0.15) is 60.8 Å². The highest BCUT2D eigenvalue weighted by molar-refractivity contribution is 5.92. The number of nitrogens with one attached hydrogen (secondary N) is 3. The minimum atomic E-state index is -0.543. The van der Waals surface area contributed by atoms with E-state index in [-0.39, 0.29) is 43.5 Å². The summed E-state index contributed by atoms with van der Waals surface area (Å²) in [6.07, 6.45) is 0.898. The number of carbonyl (C=O) groups is 5. The molecule has 0 radical (unpaired) electrons. The van der Waals surface area contributed by atoms with E-state index >= 15 is 0 Å².